The van der Waals surface area contributed by atoms with E-state index in [1.54, 1.807) is 0 Å². The van der Waals surface area contributed by atoms with Crippen molar-refractivity contribution in [2.75, 3.05) is 0 Å². The molecule has 10 heterocycles. The molecule has 0 aliphatic carbocycles. The quantitative estimate of drug-likeness (QED) is 0.0705. The maximum atomic E-state index is 11.4. The number of nitrogens with one attached hydrogen (secondary N) is 4. The van der Waals surface area contributed by atoms with Crippen LogP contribution in [0.5, 0.6) is 0 Å². The Morgan fingerprint density at radius 1 is 0.318 bits per heavy atom. The van der Waals surface area contributed by atoms with Gasteiger partial charge in [-0.2, -0.15) is 0 Å². The van der Waals surface area contributed by atoms with Crippen LogP contribution in [-0.4, -0.2) is 63.7 Å². The molecule has 6 aromatic rings. The van der Waals surface area contributed by atoms with Crippen molar-refractivity contribution in [1.29, 1.82) is 0 Å². The van der Waals surface area contributed by atoms with Crippen molar-refractivity contribution in [3.05, 3.63) is 139 Å². The minimum Gasteiger partial charge on any atom is -0.550 e. The van der Waals surface area contributed by atoms with E-state index >= 15 is 0 Å². The largest absolute Gasteiger partial charge is 4.00 e. The second kappa shape index (κ2) is 25.9. The first kappa shape index (κ1) is 62.8. The molecule has 0 amide bonds. The van der Waals surface area contributed by atoms with Gasteiger partial charge in [-0.1, -0.05) is 27.7 Å². The van der Waals surface area contributed by atoms with Crippen molar-refractivity contribution in [3.63, 3.8) is 0 Å². The number of fused-ring (bicyclic) bond motifs is 16. The van der Waals surface area contributed by atoms with Crippen molar-refractivity contribution in [2.45, 2.75) is 160 Å². The molecule has 4 N–H and O–H groups in total. The Morgan fingerprint density at radius 2 is 0.518 bits per heavy atom. The molecule has 0 aromatic carbocycles. The normalized spacial score (nSPS) is 13.1. The van der Waals surface area contributed by atoms with Crippen LogP contribution in [0.15, 0.2) is 48.5 Å². The van der Waals surface area contributed by atoms with E-state index in [1.807, 2.05) is 64.1 Å². The first-order chi connectivity index (χ1) is 40.0. The molecule has 85 heavy (non-hydrogen) atoms. The number of carboxylic acid groups (broad SMARTS) is 4. The number of aromatic nitrogens is 8. The van der Waals surface area contributed by atoms with Gasteiger partial charge in [0.1, 0.15) is 0 Å². The molecule has 4 aliphatic heterocycles. The summed E-state index contributed by atoms with van der Waals surface area (Å²) < 4.78 is 0. The molecule has 0 unspecified atom stereocenters. The second-order valence-corrected chi connectivity index (χ2v) is 22.2. The maximum absolute atomic E-state index is 11.4. The molecule has 16 bridgehead atoms. The van der Waals surface area contributed by atoms with Crippen LogP contribution in [0.1, 0.15) is 197 Å². The Hall–Kier alpha value is -8.23. The number of allylic oxidation sites excluding steroid dienone is 8. The number of carboxylic acids is 4. The van der Waals surface area contributed by atoms with E-state index < -0.39 is 23.9 Å². The second-order valence-electron chi connectivity index (χ2n) is 22.2. The van der Waals surface area contributed by atoms with Crippen LogP contribution in [0.4, 0.5) is 0 Å². The SMILES string of the molecule is CCc1c(C)c2cc3[nH]c(cc4nc(cc5nc(cc1[nH]2)C(C)=C5CCC(=O)[O-])C(CCC(=O)[O-])=C4C)c(C)c3CC.CCc1c(C)c2cc3[nH]c(cc4nc(cc5nc(cc1[nH]2)C(C)=C5CCC(=O)[O-])C(CCC(=O)[O-])=C4C)c(C)c3CC.[Pt+4]. The van der Waals surface area contributed by atoms with Gasteiger partial charge in [0.15, 0.2) is 0 Å². The standard InChI is InChI=1S/2C34H38N4O4.Pt/c2*1-7-21-17(3)25-13-26-19(5)23(9-11-33(39)40)31(37-26)16-32-24(10-12-34(41)42)20(6)28(38-32)15-30-22(8-2)18(4)27(36-30)14-29(21)35-25;/h2*13-16,35-36H,7-12H2,1-6H3,(H,39,40)(H,41,42);/q;;+4/p-4. The Balaban J connectivity index is 0.000000219. The summed E-state index contributed by atoms with van der Waals surface area (Å²) in [5, 5.41) is 45.7. The van der Waals surface area contributed by atoms with Gasteiger partial charge in [0.05, 0.1) is 45.6 Å². The van der Waals surface area contributed by atoms with Gasteiger partial charge in [-0.3, -0.25) is 0 Å². The van der Waals surface area contributed by atoms with E-state index in [2.05, 4.69) is 87.5 Å². The number of H-pyrrole nitrogens is 4. The molecule has 0 atom stereocenters. The molecule has 0 fully saturated rings. The van der Waals surface area contributed by atoms with Crippen LogP contribution >= 0.6 is 0 Å². The van der Waals surface area contributed by atoms with E-state index in [-0.39, 0.29) is 72.4 Å². The summed E-state index contributed by atoms with van der Waals surface area (Å²) in [6, 6.07) is 16.2. The predicted molar refractivity (Wildman–Crippen MR) is 325 cm³/mol. The maximum Gasteiger partial charge on any atom is 4.00 e. The smallest absolute Gasteiger partial charge is 0.550 e. The fourth-order valence-electron chi connectivity index (χ4n) is 12.4. The van der Waals surface area contributed by atoms with Crippen molar-refractivity contribution < 1.29 is 60.7 Å². The summed E-state index contributed by atoms with van der Waals surface area (Å²) in [5.74, 6) is -4.50. The van der Waals surface area contributed by atoms with E-state index in [9.17, 15) is 39.6 Å². The molecule has 0 spiro atoms. The number of carbonyl (C=O) groups is 4. The van der Waals surface area contributed by atoms with Gasteiger partial charge in [0.25, 0.3) is 0 Å². The number of hydrogen-bond donors (Lipinski definition) is 4. The zero-order valence-corrected chi connectivity index (χ0v) is 52.7. The summed E-state index contributed by atoms with van der Waals surface area (Å²) in [5.41, 5.74) is 29.8. The monoisotopic (exact) mass is 1320 g/mol. The summed E-state index contributed by atoms with van der Waals surface area (Å²) >= 11 is 0. The first-order valence-corrected chi connectivity index (χ1v) is 29.1. The van der Waals surface area contributed by atoms with E-state index in [1.165, 1.54) is 33.4 Å². The molecule has 0 saturated heterocycles. The minimum atomic E-state index is -1.13. The first-order valence-electron chi connectivity index (χ1n) is 29.1. The van der Waals surface area contributed by atoms with E-state index in [0.717, 1.165) is 148 Å². The topological polar surface area (TPSA) is 275 Å². The molecule has 17 heteroatoms. The fraction of sp³-hybridized carbons (Fsp3) is 0.353. The zero-order chi connectivity index (χ0) is 60.6. The molecular formula is C68H72N8O8Pt. The van der Waals surface area contributed by atoms with Crippen molar-refractivity contribution in [1.82, 2.24) is 39.9 Å². The Morgan fingerprint density at radius 3 is 0.729 bits per heavy atom. The summed E-state index contributed by atoms with van der Waals surface area (Å²) in [6.45, 7) is 24.9. The number of aromatic amines is 4. The Labute approximate surface area is 509 Å². The molecule has 0 radical (unpaired) electrons. The molecule has 0 saturated carbocycles. The number of hydrogen-bond acceptors (Lipinski definition) is 12. The van der Waals surface area contributed by atoms with Gasteiger partial charge in [-0.05, 0) is 270 Å². The Bertz CT molecular complexity index is 3980. The zero-order valence-electron chi connectivity index (χ0n) is 50.5. The van der Waals surface area contributed by atoms with Gasteiger partial charge in [0, 0.05) is 68.0 Å². The summed E-state index contributed by atoms with van der Waals surface area (Å²) in [7, 11) is 0. The molecular weight excluding hydrogens is 1250 g/mol. The van der Waals surface area contributed by atoms with Gasteiger partial charge in [-0.15, -0.1) is 0 Å². The molecule has 16 nitrogen and oxygen atoms in total. The van der Waals surface area contributed by atoms with E-state index in [0.29, 0.717) is 22.8 Å². The molecule has 4 aliphatic rings. The third-order valence-corrected chi connectivity index (χ3v) is 17.3. The van der Waals surface area contributed by atoms with Crippen LogP contribution in [0.3, 0.4) is 0 Å². The van der Waals surface area contributed by atoms with Crippen LogP contribution in [0.2, 0.25) is 0 Å². The number of nitrogens with zero attached hydrogens (tertiary/aromatic N) is 4. The van der Waals surface area contributed by atoms with Crippen LogP contribution in [0.25, 0.3) is 88.7 Å². The predicted octanol–water partition coefficient (Wildman–Crippen LogP) is 9.95. The summed E-state index contributed by atoms with van der Waals surface area (Å²) in [4.78, 5) is 80.0. The van der Waals surface area contributed by atoms with Crippen LogP contribution < -0.4 is 20.4 Å². The third-order valence-electron chi connectivity index (χ3n) is 17.3. The van der Waals surface area contributed by atoms with Gasteiger partial charge in [0.2, 0.25) is 0 Å². The minimum absolute atomic E-state index is 0. The number of aliphatic carboxylic acids is 4. The average Bonchev–Trinajstić information content (AvgIpc) is 1.94. The average molecular weight is 1320 g/mol. The van der Waals surface area contributed by atoms with Crippen molar-refractivity contribution in [3.8, 4) is 0 Å². The summed E-state index contributed by atoms with van der Waals surface area (Å²) in [6.07, 6.45) is 3.92. The molecule has 10 rings (SSSR count). The van der Waals surface area contributed by atoms with Gasteiger partial charge >= 0.3 is 21.1 Å². The number of rotatable bonds is 16. The number of aryl methyl sites for hydroxylation is 8. The Kier molecular flexibility index (Phi) is 19.2. The third kappa shape index (κ3) is 12.8. The van der Waals surface area contributed by atoms with Crippen molar-refractivity contribution >= 4 is 113 Å². The van der Waals surface area contributed by atoms with Gasteiger partial charge in [-0.25, -0.2) is 19.9 Å². The van der Waals surface area contributed by atoms with Crippen molar-refractivity contribution in [2.24, 2.45) is 0 Å². The number of carbonyl (C=O) groups excluding carboxylic acids is 4. The van der Waals surface area contributed by atoms with Crippen LogP contribution in [0, 0.1) is 27.7 Å². The molecule has 442 valence electrons. The van der Waals surface area contributed by atoms with Gasteiger partial charge < -0.3 is 59.5 Å². The van der Waals surface area contributed by atoms with Crippen LogP contribution in [-0.2, 0) is 65.9 Å². The van der Waals surface area contributed by atoms with E-state index in [4.69, 9.17) is 19.9 Å². The molecule has 6 aromatic heterocycles. The fourth-order valence-corrected chi connectivity index (χ4v) is 12.4.